The number of hydrogen-bond acceptors (Lipinski definition) is 3. The largest absolute Gasteiger partial charge is 0.482 e. The molecule has 116 valence electrons. The number of halogens is 2. The summed E-state index contributed by atoms with van der Waals surface area (Å²) in [6.45, 7) is 3.88. The first-order valence-corrected chi connectivity index (χ1v) is 8.14. The quantitative estimate of drug-likeness (QED) is 0.896. The molecule has 1 saturated heterocycles. The summed E-state index contributed by atoms with van der Waals surface area (Å²) in [5.74, 6) is 0.951. The Morgan fingerprint density at radius 2 is 2.00 bits per heavy atom. The van der Waals surface area contributed by atoms with Crippen LogP contribution in [0.4, 0.5) is 0 Å². The smallest absolute Gasteiger partial charge is 0.157 e. The summed E-state index contributed by atoms with van der Waals surface area (Å²) in [6.07, 6.45) is 4.55. The van der Waals surface area contributed by atoms with Crippen LogP contribution in [0.1, 0.15) is 23.7 Å². The minimum atomic E-state index is -0.0881. The van der Waals surface area contributed by atoms with Crippen LogP contribution < -0.4 is 10.1 Å². The van der Waals surface area contributed by atoms with Crippen LogP contribution in [0.5, 0.6) is 5.75 Å². The Balaban J connectivity index is 1.95. The molecule has 0 aliphatic carbocycles. The molecule has 0 unspecified atom stereocenters. The average molecular weight is 337 g/mol. The van der Waals surface area contributed by atoms with Gasteiger partial charge < -0.3 is 10.1 Å². The highest BCUT2D eigenvalue weighted by Crippen LogP contribution is 2.40. The van der Waals surface area contributed by atoms with Crippen LogP contribution in [0.25, 0.3) is 0 Å². The minimum absolute atomic E-state index is 0.0881. The Morgan fingerprint density at radius 1 is 1.23 bits per heavy atom. The fraction of sp³-hybridized carbons (Fsp3) is 0.353. The highest BCUT2D eigenvalue weighted by Gasteiger charge is 2.29. The van der Waals surface area contributed by atoms with Crippen molar-refractivity contribution >= 4 is 23.2 Å². The van der Waals surface area contributed by atoms with Crippen LogP contribution in [0.3, 0.4) is 0 Å². The van der Waals surface area contributed by atoms with Crippen LogP contribution in [-0.2, 0) is 0 Å². The van der Waals surface area contributed by atoms with E-state index in [1.165, 1.54) is 0 Å². The number of nitrogens with one attached hydrogen (secondary N) is 1. The molecule has 1 aliphatic rings. The summed E-state index contributed by atoms with van der Waals surface area (Å²) in [5, 5.41) is 4.51. The average Bonchev–Trinajstić information content (AvgIpc) is 3.06. The molecule has 1 N–H and O–H groups in total. The fourth-order valence-electron chi connectivity index (χ4n) is 2.79. The molecule has 22 heavy (non-hydrogen) atoms. The molecule has 0 radical (unpaired) electrons. The zero-order chi connectivity index (χ0) is 15.5. The molecule has 2 aromatic rings. The van der Waals surface area contributed by atoms with E-state index in [4.69, 9.17) is 27.9 Å². The predicted octanol–water partition coefficient (Wildman–Crippen LogP) is 4.43. The molecule has 1 aromatic heterocycles. The Labute approximate surface area is 140 Å². The highest BCUT2D eigenvalue weighted by atomic mass is 35.5. The van der Waals surface area contributed by atoms with Crippen molar-refractivity contribution in [3.63, 3.8) is 0 Å². The molecule has 3 nitrogen and oxygen atoms in total. The number of nitrogens with zero attached hydrogens (tertiary/aromatic N) is 1. The summed E-state index contributed by atoms with van der Waals surface area (Å²) in [4.78, 5) is 4.09. The number of aromatic nitrogens is 1. The second-order valence-corrected chi connectivity index (χ2v) is 6.36. The van der Waals surface area contributed by atoms with Crippen LogP contribution in [0, 0.1) is 12.8 Å². The van der Waals surface area contributed by atoms with Crippen LogP contribution in [0.2, 0.25) is 10.0 Å². The van der Waals surface area contributed by atoms with Crippen LogP contribution >= 0.6 is 23.2 Å². The van der Waals surface area contributed by atoms with Gasteiger partial charge in [-0.25, -0.2) is 0 Å². The molecule has 0 amide bonds. The van der Waals surface area contributed by atoms with E-state index >= 15 is 0 Å². The Bertz CT molecular complexity index is 643. The number of benzene rings is 1. The molecular formula is C17H18Cl2N2O. The molecule has 1 aliphatic heterocycles. The van der Waals surface area contributed by atoms with E-state index in [1.54, 1.807) is 12.4 Å². The molecule has 1 aromatic carbocycles. The van der Waals surface area contributed by atoms with Crippen LogP contribution in [0.15, 0.2) is 36.7 Å². The Kier molecular flexibility index (Phi) is 4.87. The van der Waals surface area contributed by atoms with Crippen molar-refractivity contribution in [3.8, 4) is 5.75 Å². The molecule has 2 heterocycles. The zero-order valence-electron chi connectivity index (χ0n) is 12.4. The molecule has 2 atom stereocenters. The summed E-state index contributed by atoms with van der Waals surface area (Å²) in [5.41, 5.74) is 2.05. The first kappa shape index (κ1) is 15.6. The lowest BCUT2D eigenvalue weighted by molar-refractivity contribution is 0.144. The van der Waals surface area contributed by atoms with E-state index in [2.05, 4.69) is 10.3 Å². The Morgan fingerprint density at radius 3 is 2.68 bits per heavy atom. The lowest BCUT2D eigenvalue weighted by atomic mass is 9.95. The summed E-state index contributed by atoms with van der Waals surface area (Å²) >= 11 is 12.7. The monoisotopic (exact) mass is 336 g/mol. The predicted molar refractivity (Wildman–Crippen MR) is 89.8 cm³/mol. The van der Waals surface area contributed by atoms with Gasteiger partial charge in [0, 0.05) is 24.9 Å². The van der Waals surface area contributed by atoms with Gasteiger partial charge in [0.1, 0.15) is 6.10 Å². The number of aryl methyl sites for hydroxylation is 1. The van der Waals surface area contributed by atoms with Gasteiger partial charge in [-0.2, -0.15) is 0 Å². The van der Waals surface area contributed by atoms with Crippen molar-refractivity contribution in [2.45, 2.75) is 19.4 Å². The SMILES string of the molecule is Cc1ccc(Cl)c(O[C@@H](c2ccncc2)[C@H]2CCNC2)c1Cl. The van der Waals surface area contributed by atoms with Crippen molar-refractivity contribution in [1.29, 1.82) is 0 Å². The fourth-order valence-corrected chi connectivity index (χ4v) is 3.25. The summed E-state index contributed by atoms with van der Waals surface area (Å²) < 4.78 is 6.30. The van der Waals surface area contributed by atoms with Gasteiger partial charge in [0.15, 0.2) is 5.75 Å². The summed E-state index contributed by atoms with van der Waals surface area (Å²) in [6, 6.07) is 7.70. The number of pyridine rings is 1. The van der Waals surface area contributed by atoms with Gasteiger partial charge in [0.25, 0.3) is 0 Å². The van der Waals surface area contributed by atoms with Crippen molar-refractivity contribution in [2.24, 2.45) is 5.92 Å². The van der Waals surface area contributed by atoms with Crippen LogP contribution in [-0.4, -0.2) is 18.1 Å². The van der Waals surface area contributed by atoms with Crippen molar-refractivity contribution in [3.05, 3.63) is 57.8 Å². The van der Waals surface area contributed by atoms with E-state index in [0.29, 0.717) is 21.7 Å². The zero-order valence-corrected chi connectivity index (χ0v) is 13.9. The normalized spacial score (nSPS) is 19.1. The first-order chi connectivity index (χ1) is 10.7. The van der Waals surface area contributed by atoms with E-state index < -0.39 is 0 Å². The molecule has 5 heteroatoms. The third-order valence-corrected chi connectivity index (χ3v) is 4.82. The van der Waals surface area contributed by atoms with E-state index in [-0.39, 0.29) is 6.10 Å². The lowest BCUT2D eigenvalue weighted by Gasteiger charge is -2.26. The summed E-state index contributed by atoms with van der Waals surface area (Å²) in [7, 11) is 0. The molecular weight excluding hydrogens is 319 g/mol. The lowest BCUT2D eigenvalue weighted by Crippen LogP contribution is -2.21. The maximum absolute atomic E-state index is 6.40. The molecule has 0 saturated carbocycles. The van der Waals surface area contributed by atoms with Gasteiger partial charge in [0.05, 0.1) is 10.0 Å². The topological polar surface area (TPSA) is 34.1 Å². The second kappa shape index (κ2) is 6.86. The first-order valence-electron chi connectivity index (χ1n) is 7.38. The van der Waals surface area contributed by atoms with E-state index in [0.717, 1.165) is 30.6 Å². The van der Waals surface area contributed by atoms with E-state index in [1.807, 2.05) is 31.2 Å². The van der Waals surface area contributed by atoms with Crippen molar-refractivity contribution in [1.82, 2.24) is 10.3 Å². The molecule has 3 rings (SSSR count). The molecule has 1 fully saturated rings. The van der Waals surface area contributed by atoms with Gasteiger partial charge in [-0.05, 0) is 49.2 Å². The maximum Gasteiger partial charge on any atom is 0.157 e. The number of ether oxygens (including phenoxy) is 1. The van der Waals surface area contributed by atoms with Gasteiger partial charge >= 0.3 is 0 Å². The van der Waals surface area contributed by atoms with Gasteiger partial charge in [-0.1, -0.05) is 29.3 Å². The standard InChI is InChI=1S/C17H18Cl2N2O/c1-11-2-3-14(18)17(15(11)19)22-16(13-6-9-21-10-13)12-4-7-20-8-5-12/h2-5,7-8,13,16,21H,6,9-10H2,1H3/t13-,16-/m0/s1. The minimum Gasteiger partial charge on any atom is -0.482 e. The highest BCUT2D eigenvalue weighted by molar-refractivity contribution is 6.37. The van der Waals surface area contributed by atoms with E-state index in [9.17, 15) is 0 Å². The third kappa shape index (κ3) is 3.22. The second-order valence-electron chi connectivity index (χ2n) is 5.58. The van der Waals surface area contributed by atoms with Crippen molar-refractivity contribution < 1.29 is 4.74 Å². The van der Waals surface area contributed by atoms with Crippen molar-refractivity contribution in [2.75, 3.05) is 13.1 Å². The van der Waals surface area contributed by atoms with Gasteiger partial charge in [0.2, 0.25) is 0 Å². The third-order valence-electron chi connectivity index (χ3n) is 4.05. The number of rotatable bonds is 4. The molecule has 0 bridgehead atoms. The molecule has 0 spiro atoms. The van der Waals surface area contributed by atoms with Gasteiger partial charge in [-0.3, -0.25) is 4.98 Å². The number of hydrogen-bond donors (Lipinski definition) is 1. The Hall–Kier alpha value is -1.29. The maximum atomic E-state index is 6.40. The van der Waals surface area contributed by atoms with Gasteiger partial charge in [-0.15, -0.1) is 0 Å².